The molecule has 1 N–H and O–H groups in total. The molecule has 4 rings (SSSR count). The summed E-state index contributed by atoms with van der Waals surface area (Å²) in [6.07, 6.45) is 1.66. The van der Waals surface area contributed by atoms with Gasteiger partial charge in [-0.25, -0.2) is 13.8 Å². The molecule has 2 fully saturated rings. The Morgan fingerprint density at radius 1 is 1.13 bits per heavy atom. The molecule has 2 aliphatic rings. The van der Waals surface area contributed by atoms with Crippen molar-refractivity contribution in [3.05, 3.63) is 64.7 Å². The highest BCUT2D eigenvalue weighted by molar-refractivity contribution is 5.80. The Morgan fingerprint density at radius 2 is 1.93 bits per heavy atom. The van der Waals surface area contributed by atoms with E-state index in [1.165, 1.54) is 23.3 Å². The van der Waals surface area contributed by atoms with Crippen LogP contribution in [0, 0.1) is 40.2 Å². The number of nitrogens with zero attached hydrogens (tertiary/aromatic N) is 3. The molecule has 0 aromatic heterocycles. The Hall–Kier alpha value is -3.49. The number of carbonyl (C=O) groups is 1. The van der Waals surface area contributed by atoms with Crippen molar-refractivity contribution in [2.75, 3.05) is 11.9 Å². The Balaban J connectivity index is 1.39. The van der Waals surface area contributed by atoms with E-state index in [0.717, 1.165) is 6.07 Å². The molecule has 1 unspecified atom stereocenters. The molecule has 6 nitrogen and oxygen atoms in total. The molecule has 1 amide bonds. The van der Waals surface area contributed by atoms with E-state index in [1.54, 1.807) is 18.2 Å². The van der Waals surface area contributed by atoms with Crippen molar-refractivity contribution in [3.8, 4) is 12.1 Å². The molecule has 2 aromatic carbocycles. The highest BCUT2D eigenvalue weighted by Crippen LogP contribution is 2.38. The van der Waals surface area contributed by atoms with Crippen LogP contribution in [-0.2, 0) is 9.63 Å². The van der Waals surface area contributed by atoms with Crippen LogP contribution in [0.2, 0.25) is 0 Å². The predicted octanol–water partition coefficient (Wildman–Crippen LogP) is 3.80. The van der Waals surface area contributed by atoms with Gasteiger partial charge in [-0.2, -0.15) is 10.5 Å². The molecule has 30 heavy (non-hydrogen) atoms. The summed E-state index contributed by atoms with van der Waals surface area (Å²) >= 11 is 0. The number of anilines is 1. The molecule has 1 heterocycles. The molecule has 2 aromatic rings. The number of halogens is 2. The number of nitriles is 2. The van der Waals surface area contributed by atoms with Crippen LogP contribution in [0.5, 0.6) is 0 Å². The van der Waals surface area contributed by atoms with Crippen LogP contribution >= 0.6 is 0 Å². The maximum atomic E-state index is 13.8. The lowest BCUT2D eigenvalue weighted by atomic mass is 9.79. The second kappa shape index (κ2) is 8.10. The Bertz CT molecular complexity index is 1070. The van der Waals surface area contributed by atoms with Gasteiger partial charge < -0.3 is 5.32 Å². The molecule has 8 heteroatoms. The Labute approximate surface area is 172 Å². The van der Waals surface area contributed by atoms with E-state index in [9.17, 15) is 13.6 Å². The number of hydroxylamine groups is 2. The van der Waals surface area contributed by atoms with Crippen molar-refractivity contribution < 1.29 is 18.4 Å². The van der Waals surface area contributed by atoms with Gasteiger partial charge in [-0.05, 0) is 54.8 Å². The van der Waals surface area contributed by atoms with Gasteiger partial charge in [0.05, 0.1) is 29.8 Å². The van der Waals surface area contributed by atoms with Crippen LogP contribution in [-0.4, -0.2) is 23.6 Å². The molecule has 0 bridgehead atoms. The molecule has 152 valence electrons. The van der Waals surface area contributed by atoms with Crippen LogP contribution in [0.15, 0.2) is 36.4 Å². The fourth-order valence-corrected chi connectivity index (χ4v) is 3.91. The first-order chi connectivity index (χ1) is 14.5. The highest BCUT2D eigenvalue weighted by atomic mass is 19.1. The van der Waals surface area contributed by atoms with Crippen molar-refractivity contribution in [1.29, 1.82) is 10.5 Å². The molecule has 0 radical (unpaired) electrons. The standard InChI is InChI=1S/C22H18F2N4O2/c23-17-6-13(11-25)5-14(7-17)21-3-4-30-28(21)22(29)15-8-19(9-15)27-18-1-2-20(24)16(10-18)12-26/h1-2,5-7,10,15,19,21,27H,3-4,8-9H2. The summed E-state index contributed by atoms with van der Waals surface area (Å²) in [4.78, 5) is 18.4. The molecule has 1 aliphatic carbocycles. The smallest absolute Gasteiger partial charge is 0.249 e. The van der Waals surface area contributed by atoms with Crippen LogP contribution in [0.3, 0.4) is 0 Å². The van der Waals surface area contributed by atoms with Gasteiger partial charge in [-0.15, -0.1) is 0 Å². The van der Waals surface area contributed by atoms with Crippen LogP contribution in [0.25, 0.3) is 0 Å². The lowest BCUT2D eigenvalue weighted by Gasteiger charge is -2.38. The van der Waals surface area contributed by atoms with Gasteiger partial charge in [0.2, 0.25) is 5.91 Å². The summed E-state index contributed by atoms with van der Waals surface area (Å²) in [6, 6.07) is 11.6. The molecule has 1 aliphatic heterocycles. The lowest BCUT2D eigenvalue weighted by molar-refractivity contribution is -0.184. The van der Waals surface area contributed by atoms with E-state index >= 15 is 0 Å². The van der Waals surface area contributed by atoms with Gasteiger partial charge in [0.15, 0.2) is 0 Å². The van der Waals surface area contributed by atoms with Crippen LogP contribution in [0.4, 0.5) is 14.5 Å². The van der Waals surface area contributed by atoms with Gasteiger partial charge in [-0.1, -0.05) is 0 Å². The predicted molar refractivity (Wildman–Crippen MR) is 103 cm³/mol. The average molecular weight is 408 g/mol. The van der Waals surface area contributed by atoms with Crippen molar-refractivity contribution >= 4 is 11.6 Å². The van der Waals surface area contributed by atoms with E-state index < -0.39 is 17.7 Å². The van der Waals surface area contributed by atoms with Gasteiger partial charge >= 0.3 is 0 Å². The topological polar surface area (TPSA) is 89.2 Å². The fourth-order valence-electron chi connectivity index (χ4n) is 3.91. The third kappa shape index (κ3) is 3.83. The number of hydrogen-bond acceptors (Lipinski definition) is 5. The average Bonchev–Trinajstić information content (AvgIpc) is 3.20. The number of benzene rings is 2. The van der Waals surface area contributed by atoms with E-state index in [1.807, 2.05) is 6.07 Å². The first-order valence-corrected chi connectivity index (χ1v) is 9.61. The highest BCUT2D eigenvalue weighted by Gasteiger charge is 2.42. The van der Waals surface area contributed by atoms with Crippen LogP contribution in [0.1, 0.15) is 42.0 Å². The van der Waals surface area contributed by atoms with E-state index in [0.29, 0.717) is 37.1 Å². The van der Waals surface area contributed by atoms with Crippen molar-refractivity contribution in [1.82, 2.24) is 5.06 Å². The lowest BCUT2D eigenvalue weighted by Crippen LogP contribution is -2.45. The molecule has 1 saturated heterocycles. The minimum absolute atomic E-state index is 0.0244. The number of amides is 1. The molecular formula is C22H18F2N4O2. The third-order valence-electron chi connectivity index (χ3n) is 5.50. The zero-order valence-corrected chi connectivity index (χ0v) is 15.9. The van der Waals surface area contributed by atoms with Gasteiger partial charge in [0.25, 0.3) is 0 Å². The number of carbonyl (C=O) groups excluding carboxylic acids is 1. The quantitative estimate of drug-likeness (QED) is 0.831. The van der Waals surface area contributed by atoms with E-state index in [4.69, 9.17) is 15.4 Å². The van der Waals surface area contributed by atoms with Gasteiger partial charge in [0.1, 0.15) is 17.7 Å². The third-order valence-corrected chi connectivity index (χ3v) is 5.50. The minimum Gasteiger partial charge on any atom is -0.382 e. The number of rotatable bonds is 4. The molecule has 1 atom stereocenters. The van der Waals surface area contributed by atoms with Crippen LogP contribution < -0.4 is 5.32 Å². The maximum Gasteiger partial charge on any atom is 0.249 e. The summed E-state index contributed by atoms with van der Waals surface area (Å²) in [5.74, 6) is -1.51. The van der Waals surface area contributed by atoms with Crippen molar-refractivity contribution in [2.24, 2.45) is 5.92 Å². The monoisotopic (exact) mass is 408 g/mol. The summed E-state index contributed by atoms with van der Waals surface area (Å²) in [5.41, 5.74) is 1.34. The van der Waals surface area contributed by atoms with Crippen molar-refractivity contribution in [3.63, 3.8) is 0 Å². The largest absolute Gasteiger partial charge is 0.382 e. The summed E-state index contributed by atoms with van der Waals surface area (Å²) in [7, 11) is 0. The zero-order chi connectivity index (χ0) is 21.3. The maximum absolute atomic E-state index is 13.8. The summed E-state index contributed by atoms with van der Waals surface area (Å²) in [6.45, 7) is 0.343. The normalized spacial score (nSPS) is 22.7. The van der Waals surface area contributed by atoms with E-state index in [2.05, 4.69) is 5.32 Å². The molecule has 1 saturated carbocycles. The molecule has 0 spiro atoms. The number of nitrogens with one attached hydrogen (secondary N) is 1. The SMILES string of the molecule is N#Cc1cc(F)cc(C2CCON2C(=O)C2CC(Nc3ccc(F)c(C#N)c3)C2)c1. The van der Waals surface area contributed by atoms with E-state index in [-0.39, 0.29) is 29.0 Å². The summed E-state index contributed by atoms with van der Waals surface area (Å²) in [5, 5.41) is 22.5. The molecular weight excluding hydrogens is 390 g/mol. The Kier molecular flexibility index (Phi) is 5.35. The number of hydrogen-bond donors (Lipinski definition) is 1. The van der Waals surface area contributed by atoms with Gasteiger partial charge in [0, 0.05) is 24.1 Å². The first kappa shape index (κ1) is 19.8. The fraction of sp³-hybridized carbons (Fsp3) is 0.318. The zero-order valence-electron chi connectivity index (χ0n) is 15.9. The van der Waals surface area contributed by atoms with Gasteiger partial charge in [-0.3, -0.25) is 9.63 Å². The summed E-state index contributed by atoms with van der Waals surface area (Å²) < 4.78 is 27.3. The van der Waals surface area contributed by atoms with Crippen molar-refractivity contribution in [2.45, 2.75) is 31.3 Å². The first-order valence-electron chi connectivity index (χ1n) is 9.61. The Morgan fingerprint density at radius 3 is 2.67 bits per heavy atom. The minimum atomic E-state index is -0.571. The second-order valence-electron chi connectivity index (χ2n) is 7.50. The second-order valence-corrected chi connectivity index (χ2v) is 7.50.